The van der Waals surface area contributed by atoms with E-state index in [9.17, 15) is 28.9 Å². The first kappa shape index (κ1) is 75.1. The average Bonchev–Trinajstić information content (AvgIpc) is 3.45. The summed E-state index contributed by atoms with van der Waals surface area (Å²) < 4.78 is 39.5. The lowest BCUT2D eigenvalue weighted by atomic mass is 10.1. The number of carbonyl (C=O) groups excluding carboxylic acids is 3. The fraction of sp³-hybridized carbons (Fsp3) is 0.574. The maximum atomic E-state index is 12.9. The molecule has 3 unspecified atom stereocenters. The number of phosphoric acid groups is 1. The minimum atomic E-state index is -4.80. The largest absolute Gasteiger partial charge is 0.472 e. The fourth-order valence-corrected chi connectivity index (χ4v) is 8.16. The number of unbranched alkanes of at least 4 members (excludes halogenated alkanes) is 11. The van der Waals surface area contributed by atoms with E-state index >= 15 is 0 Å². The van der Waals surface area contributed by atoms with E-state index in [0.29, 0.717) is 19.3 Å². The molecule has 11 nitrogen and oxygen atoms in total. The number of hydrogen-bond acceptors (Lipinski definition) is 10. The maximum absolute atomic E-state index is 12.9. The monoisotopic (exact) mass is 1130 g/mol. The van der Waals surface area contributed by atoms with Crippen LogP contribution in [0.4, 0.5) is 0 Å². The van der Waals surface area contributed by atoms with Gasteiger partial charge in [-0.2, -0.15) is 0 Å². The molecule has 12 heteroatoms. The number of phosphoric ester groups is 1. The Morgan fingerprint density at radius 1 is 0.362 bits per heavy atom. The number of aliphatic hydroxyl groups is 1. The normalized spacial score (nSPS) is 14.4. The first-order valence-corrected chi connectivity index (χ1v) is 31.9. The molecule has 450 valence electrons. The van der Waals surface area contributed by atoms with E-state index < -0.39 is 64.4 Å². The molecule has 80 heavy (non-hydrogen) atoms. The topological polar surface area (TPSA) is 155 Å². The highest BCUT2D eigenvalue weighted by Gasteiger charge is 2.28. The number of carbonyl (C=O) groups is 3. The molecule has 2 N–H and O–H groups in total. The van der Waals surface area contributed by atoms with E-state index in [2.05, 4.69) is 167 Å². The van der Waals surface area contributed by atoms with Crippen molar-refractivity contribution in [3.8, 4) is 0 Å². The molecule has 0 aliphatic carbocycles. The van der Waals surface area contributed by atoms with Crippen LogP contribution in [-0.2, 0) is 42.2 Å². The Balaban J connectivity index is 4.92. The third-order valence-corrected chi connectivity index (χ3v) is 12.9. The summed E-state index contributed by atoms with van der Waals surface area (Å²) in [6.07, 6.45) is 79.3. The molecular formula is C68H107O11P. The second-order valence-electron chi connectivity index (χ2n) is 19.4. The van der Waals surface area contributed by atoms with Gasteiger partial charge in [0, 0.05) is 19.3 Å². The zero-order valence-electron chi connectivity index (χ0n) is 49.7. The number of esters is 3. The van der Waals surface area contributed by atoms with Crippen LogP contribution in [0.5, 0.6) is 0 Å². The molecule has 0 radical (unpaired) electrons. The van der Waals surface area contributed by atoms with Gasteiger partial charge in [0.1, 0.15) is 12.7 Å². The lowest BCUT2D eigenvalue weighted by Crippen LogP contribution is -2.30. The Bertz CT molecular complexity index is 1950. The lowest BCUT2D eigenvalue weighted by Gasteiger charge is -2.21. The molecule has 0 fully saturated rings. The van der Waals surface area contributed by atoms with Crippen LogP contribution in [0.1, 0.15) is 213 Å². The molecular weight excluding hydrogens is 1020 g/mol. The van der Waals surface area contributed by atoms with Crippen LogP contribution in [0.3, 0.4) is 0 Å². The van der Waals surface area contributed by atoms with E-state index in [1.807, 2.05) is 12.2 Å². The highest BCUT2D eigenvalue weighted by atomic mass is 31.2. The van der Waals surface area contributed by atoms with Gasteiger partial charge in [0.15, 0.2) is 6.10 Å². The third kappa shape index (κ3) is 57.8. The Morgan fingerprint density at radius 2 is 0.675 bits per heavy atom. The minimum absolute atomic E-state index is 0.0862. The van der Waals surface area contributed by atoms with Crippen molar-refractivity contribution in [3.63, 3.8) is 0 Å². The summed E-state index contributed by atoms with van der Waals surface area (Å²) in [5.41, 5.74) is 0. The SMILES string of the molecule is CC/C=C\C/C=C\C/C=C\C/C=C\C/C=C\C/C=C\CCC(=O)OCC(COP(=O)(O)OCC(CO)OC(=O)CCCC/C=C\C/C=C\C/C=C\C/C=C\CC)OC(=O)CCCCCCCC/C=C\C/C=C\C/C=C\CCCCC. The number of rotatable bonds is 54. The Kier molecular flexibility index (Phi) is 56.5. The molecule has 0 amide bonds. The van der Waals surface area contributed by atoms with Gasteiger partial charge in [-0.15, -0.1) is 0 Å². The van der Waals surface area contributed by atoms with Crippen molar-refractivity contribution in [2.24, 2.45) is 0 Å². The summed E-state index contributed by atoms with van der Waals surface area (Å²) >= 11 is 0. The zero-order valence-corrected chi connectivity index (χ0v) is 50.6. The van der Waals surface area contributed by atoms with E-state index in [4.69, 9.17) is 23.3 Å². The smallest absolute Gasteiger partial charge is 0.462 e. The number of ether oxygens (including phenoxy) is 3. The Hall–Kier alpha value is -4.90. The van der Waals surface area contributed by atoms with Gasteiger partial charge in [-0.25, -0.2) is 4.57 Å². The van der Waals surface area contributed by atoms with Crippen molar-refractivity contribution in [1.29, 1.82) is 0 Å². The van der Waals surface area contributed by atoms with Crippen LogP contribution in [0.2, 0.25) is 0 Å². The Morgan fingerprint density at radius 3 is 1.07 bits per heavy atom. The maximum Gasteiger partial charge on any atom is 0.472 e. The second-order valence-corrected chi connectivity index (χ2v) is 20.8. The number of allylic oxidation sites excluding steroid dienone is 26. The van der Waals surface area contributed by atoms with Gasteiger partial charge in [0.25, 0.3) is 0 Å². The predicted molar refractivity (Wildman–Crippen MR) is 334 cm³/mol. The molecule has 0 aromatic heterocycles. The van der Waals surface area contributed by atoms with Crippen LogP contribution < -0.4 is 0 Å². The van der Waals surface area contributed by atoms with Gasteiger partial charge in [-0.3, -0.25) is 23.4 Å². The summed E-state index contributed by atoms with van der Waals surface area (Å²) in [7, 11) is -4.80. The van der Waals surface area contributed by atoms with Crippen LogP contribution in [0, 0.1) is 0 Å². The van der Waals surface area contributed by atoms with Crippen LogP contribution in [0.15, 0.2) is 158 Å². The molecule has 0 bridgehead atoms. The Labute approximate surface area is 485 Å². The van der Waals surface area contributed by atoms with Crippen molar-refractivity contribution in [2.45, 2.75) is 226 Å². The van der Waals surface area contributed by atoms with Crippen LogP contribution in [0.25, 0.3) is 0 Å². The molecule has 0 aliphatic heterocycles. The molecule has 0 rings (SSSR count). The van der Waals surface area contributed by atoms with E-state index in [0.717, 1.165) is 128 Å². The highest BCUT2D eigenvalue weighted by Crippen LogP contribution is 2.43. The van der Waals surface area contributed by atoms with E-state index in [-0.39, 0.29) is 19.3 Å². The van der Waals surface area contributed by atoms with Crippen molar-refractivity contribution in [3.05, 3.63) is 158 Å². The van der Waals surface area contributed by atoms with Crippen molar-refractivity contribution < 1.29 is 52.2 Å². The predicted octanol–water partition coefficient (Wildman–Crippen LogP) is 18.5. The first-order chi connectivity index (χ1) is 39.2. The molecule has 0 spiro atoms. The van der Waals surface area contributed by atoms with Gasteiger partial charge < -0.3 is 24.2 Å². The summed E-state index contributed by atoms with van der Waals surface area (Å²) in [6.45, 7) is 4.22. The van der Waals surface area contributed by atoms with Gasteiger partial charge in [-0.05, 0) is 135 Å². The molecule has 0 heterocycles. The molecule has 0 saturated heterocycles. The zero-order chi connectivity index (χ0) is 58.3. The van der Waals surface area contributed by atoms with Crippen LogP contribution >= 0.6 is 7.82 Å². The van der Waals surface area contributed by atoms with Crippen molar-refractivity contribution in [1.82, 2.24) is 0 Å². The van der Waals surface area contributed by atoms with Gasteiger partial charge >= 0.3 is 25.7 Å². The third-order valence-electron chi connectivity index (χ3n) is 11.9. The average molecular weight is 1130 g/mol. The van der Waals surface area contributed by atoms with E-state index in [1.54, 1.807) is 0 Å². The summed E-state index contributed by atoms with van der Waals surface area (Å²) in [6, 6.07) is 0. The standard InChI is InChI=1S/C68H107O11P/c1-4-7-10-13-16-19-22-25-28-30-32-34-37-39-42-45-48-51-54-57-66(70)75-61-65(79-68(72)59-56-53-50-47-44-41-38-35-33-31-29-26-23-20-17-14-11-8-5-2)63-77-80(73,74)76-62-64(60-69)78-67(71)58-55-52-49-46-43-40-36-27-24-21-18-15-12-9-6-3/h7,9-10,12,16-21,25-29,32-36,39,42-43,46,48,51,64-65,69H,4-6,8,11,13-15,22-24,30-31,37-38,40-41,44-45,47,49-50,52-63H2,1-3H3,(H,73,74)/b10-7-,12-9-,19-16-,20-17-,21-18-,28-25-,29-26-,34-32-,35-33-,36-27-,42-39-,46-43-,51-48-. The van der Waals surface area contributed by atoms with Gasteiger partial charge in [0.05, 0.1) is 19.8 Å². The molecule has 0 aromatic carbocycles. The summed E-state index contributed by atoms with van der Waals surface area (Å²) in [5.74, 6) is -1.64. The minimum Gasteiger partial charge on any atom is -0.462 e. The summed E-state index contributed by atoms with van der Waals surface area (Å²) in [5, 5.41) is 9.83. The fourth-order valence-electron chi connectivity index (χ4n) is 7.38. The van der Waals surface area contributed by atoms with Crippen molar-refractivity contribution >= 4 is 25.7 Å². The number of hydrogen-bond donors (Lipinski definition) is 2. The first-order valence-electron chi connectivity index (χ1n) is 30.4. The summed E-state index contributed by atoms with van der Waals surface area (Å²) in [4.78, 5) is 48.6. The van der Waals surface area contributed by atoms with E-state index in [1.165, 1.54) is 25.7 Å². The number of aliphatic hydroxyl groups excluding tert-OH is 1. The molecule has 0 aromatic rings. The van der Waals surface area contributed by atoms with Crippen LogP contribution in [-0.4, -0.2) is 66.5 Å². The lowest BCUT2D eigenvalue weighted by molar-refractivity contribution is -0.161. The van der Waals surface area contributed by atoms with Gasteiger partial charge in [0.2, 0.25) is 0 Å². The molecule has 0 aliphatic rings. The highest BCUT2D eigenvalue weighted by molar-refractivity contribution is 7.47. The molecule has 0 saturated carbocycles. The molecule has 3 atom stereocenters. The quantitative estimate of drug-likeness (QED) is 0.0197. The van der Waals surface area contributed by atoms with Gasteiger partial charge in [-0.1, -0.05) is 217 Å². The van der Waals surface area contributed by atoms with Crippen molar-refractivity contribution in [2.75, 3.05) is 26.4 Å². The second kappa shape index (κ2) is 60.2.